The van der Waals surface area contributed by atoms with Gasteiger partial charge in [-0.15, -0.1) is 0 Å². The van der Waals surface area contributed by atoms with Crippen LogP contribution in [0.25, 0.3) is 0 Å². The van der Waals surface area contributed by atoms with E-state index in [2.05, 4.69) is 0 Å². The molecule has 0 unspecified atom stereocenters. The molecular weight excluding hydrogens is 196 g/mol. The highest BCUT2D eigenvalue weighted by Gasteiger charge is 2.64. The van der Waals surface area contributed by atoms with Crippen molar-refractivity contribution in [2.24, 2.45) is 0 Å². The SMILES string of the molecule is CCOC(=O)[C@@H]1O[C@@]12CCOC(C)(C)C2. The summed E-state index contributed by atoms with van der Waals surface area (Å²) in [7, 11) is 0. The van der Waals surface area contributed by atoms with E-state index in [1.165, 1.54) is 0 Å². The van der Waals surface area contributed by atoms with Gasteiger partial charge in [0.05, 0.1) is 18.8 Å². The summed E-state index contributed by atoms with van der Waals surface area (Å²) in [6, 6.07) is 0. The smallest absolute Gasteiger partial charge is 0.338 e. The van der Waals surface area contributed by atoms with E-state index in [1.807, 2.05) is 13.8 Å². The molecule has 0 aromatic carbocycles. The van der Waals surface area contributed by atoms with Gasteiger partial charge in [-0.05, 0) is 20.8 Å². The molecule has 0 aromatic heterocycles. The van der Waals surface area contributed by atoms with Crippen LogP contribution in [0.15, 0.2) is 0 Å². The molecule has 0 amide bonds. The Morgan fingerprint density at radius 1 is 1.53 bits per heavy atom. The summed E-state index contributed by atoms with van der Waals surface area (Å²) in [6.07, 6.45) is 1.20. The quantitative estimate of drug-likeness (QED) is 0.513. The molecular formula is C11H18O4. The van der Waals surface area contributed by atoms with Crippen LogP contribution in [-0.2, 0) is 19.0 Å². The maximum atomic E-state index is 11.5. The van der Waals surface area contributed by atoms with Gasteiger partial charge in [-0.1, -0.05) is 0 Å². The molecule has 2 heterocycles. The number of carbonyl (C=O) groups excluding carboxylic acids is 1. The fourth-order valence-corrected chi connectivity index (χ4v) is 2.37. The Bertz CT molecular complexity index is 274. The molecule has 4 nitrogen and oxygen atoms in total. The van der Waals surface area contributed by atoms with E-state index in [0.717, 1.165) is 12.8 Å². The Kier molecular flexibility index (Phi) is 2.51. The van der Waals surface area contributed by atoms with E-state index < -0.39 is 0 Å². The molecule has 2 saturated heterocycles. The molecule has 1 spiro atoms. The lowest BCUT2D eigenvalue weighted by molar-refractivity contribution is -0.144. The number of hydrogen-bond acceptors (Lipinski definition) is 4. The summed E-state index contributed by atoms with van der Waals surface area (Å²) in [5.74, 6) is -0.227. The van der Waals surface area contributed by atoms with Crippen molar-refractivity contribution in [1.82, 2.24) is 0 Å². The van der Waals surface area contributed by atoms with Crippen LogP contribution in [0.5, 0.6) is 0 Å². The standard InChI is InChI=1S/C11H18O4/c1-4-13-9(12)8-11(15-8)5-6-14-10(2,3)7-11/h8H,4-7H2,1-3H3/t8-,11+/m0/s1. The minimum Gasteiger partial charge on any atom is -0.464 e. The molecule has 0 N–H and O–H groups in total. The van der Waals surface area contributed by atoms with Crippen molar-refractivity contribution in [3.05, 3.63) is 0 Å². The third-order valence-electron chi connectivity index (χ3n) is 3.02. The Labute approximate surface area is 89.9 Å². The molecule has 0 bridgehead atoms. The highest BCUT2D eigenvalue weighted by molar-refractivity contribution is 5.79. The third-order valence-corrected chi connectivity index (χ3v) is 3.02. The second-order valence-corrected chi connectivity index (χ2v) is 4.85. The molecule has 4 heteroatoms. The molecule has 2 rings (SSSR count). The molecule has 2 aliphatic heterocycles. The minimum absolute atomic E-state index is 0.195. The largest absolute Gasteiger partial charge is 0.464 e. The van der Waals surface area contributed by atoms with Crippen LogP contribution >= 0.6 is 0 Å². The predicted octanol–water partition coefficient (Wildman–Crippen LogP) is 1.28. The van der Waals surface area contributed by atoms with Gasteiger partial charge in [0, 0.05) is 12.8 Å². The number of hydrogen-bond donors (Lipinski definition) is 0. The molecule has 0 radical (unpaired) electrons. The average molecular weight is 214 g/mol. The Hall–Kier alpha value is -0.610. The molecule has 2 fully saturated rings. The third kappa shape index (κ3) is 2.01. The summed E-state index contributed by atoms with van der Waals surface area (Å²) in [5, 5.41) is 0. The van der Waals surface area contributed by atoms with Gasteiger partial charge in [-0.2, -0.15) is 0 Å². The van der Waals surface area contributed by atoms with E-state index in [9.17, 15) is 4.79 Å². The first-order valence-electron chi connectivity index (χ1n) is 5.47. The summed E-state index contributed by atoms with van der Waals surface area (Å²) in [6.45, 7) is 6.92. The van der Waals surface area contributed by atoms with Crippen molar-refractivity contribution < 1.29 is 19.0 Å². The van der Waals surface area contributed by atoms with Crippen LogP contribution in [0.2, 0.25) is 0 Å². The fourth-order valence-electron chi connectivity index (χ4n) is 2.37. The normalized spacial score (nSPS) is 37.7. The predicted molar refractivity (Wildman–Crippen MR) is 53.5 cm³/mol. The number of carbonyl (C=O) groups is 1. The summed E-state index contributed by atoms with van der Waals surface area (Å²) < 4.78 is 16.1. The molecule has 0 saturated carbocycles. The number of esters is 1. The van der Waals surface area contributed by atoms with Gasteiger partial charge in [0.25, 0.3) is 0 Å². The minimum atomic E-state index is -0.361. The van der Waals surface area contributed by atoms with Gasteiger partial charge < -0.3 is 14.2 Å². The van der Waals surface area contributed by atoms with E-state index in [1.54, 1.807) is 6.92 Å². The van der Waals surface area contributed by atoms with E-state index >= 15 is 0 Å². The first-order chi connectivity index (χ1) is 6.99. The van der Waals surface area contributed by atoms with Crippen molar-refractivity contribution >= 4 is 5.97 Å². The number of epoxide rings is 1. The van der Waals surface area contributed by atoms with Crippen LogP contribution in [-0.4, -0.2) is 36.5 Å². The van der Waals surface area contributed by atoms with Crippen LogP contribution < -0.4 is 0 Å². The van der Waals surface area contributed by atoms with Gasteiger partial charge in [0.1, 0.15) is 5.60 Å². The van der Waals surface area contributed by atoms with Gasteiger partial charge in [0.15, 0.2) is 6.10 Å². The first-order valence-corrected chi connectivity index (χ1v) is 5.47. The van der Waals surface area contributed by atoms with E-state index in [4.69, 9.17) is 14.2 Å². The zero-order chi connectivity index (χ0) is 11.1. The second-order valence-electron chi connectivity index (χ2n) is 4.85. The van der Waals surface area contributed by atoms with Crippen molar-refractivity contribution in [3.8, 4) is 0 Å². The van der Waals surface area contributed by atoms with Crippen LogP contribution in [0.1, 0.15) is 33.6 Å². The topological polar surface area (TPSA) is 48.1 Å². The zero-order valence-electron chi connectivity index (χ0n) is 9.54. The Balaban J connectivity index is 1.97. The van der Waals surface area contributed by atoms with Crippen molar-refractivity contribution in [1.29, 1.82) is 0 Å². The Morgan fingerprint density at radius 2 is 2.27 bits per heavy atom. The van der Waals surface area contributed by atoms with Gasteiger partial charge >= 0.3 is 5.97 Å². The average Bonchev–Trinajstić information content (AvgIpc) is 2.77. The fraction of sp³-hybridized carbons (Fsp3) is 0.909. The van der Waals surface area contributed by atoms with Crippen LogP contribution in [0.3, 0.4) is 0 Å². The van der Waals surface area contributed by atoms with Crippen LogP contribution in [0, 0.1) is 0 Å². The molecule has 0 aromatic rings. The lowest BCUT2D eigenvalue weighted by atomic mass is 9.86. The van der Waals surface area contributed by atoms with E-state index in [0.29, 0.717) is 13.2 Å². The molecule has 2 aliphatic rings. The Morgan fingerprint density at radius 3 is 2.87 bits per heavy atom. The molecule has 86 valence electrons. The molecule has 15 heavy (non-hydrogen) atoms. The van der Waals surface area contributed by atoms with Gasteiger partial charge in [0.2, 0.25) is 0 Å². The maximum Gasteiger partial charge on any atom is 0.338 e. The summed E-state index contributed by atoms with van der Waals surface area (Å²) >= 11 is 0. The number of rotatable bonds is 2. The number of ether oxygens (including phenoxy) is 3. The van der Waals surface area contributed by atoms with Gasteiger partial charge in [-0.25, -0.2) is 4.79 Å². The highest BCUT2D eigenvalue weighted by Crippen LogP contribution is 2.49. The zero-order valence-corrected chi connectivity index (χ0v) is 9.54. The second kappa shape index (κ2) is 3.46. The molecule has 0 aliphatic carbocycles. The first kappa shape index (κ1) is 10.9. The van der Waals surface area contributed by atoms with Crippen LogP contribution in [0.4, 0.5) is 0 Å². The lowest BCUT2D eigenvalue weighted by Gasteiger charge is -2.34. The molecule has 2 atom stereocenters. The maximum absolute atomic E-state index is 11.5. The van der Waals surface area contributed by atoms with Crippen molar-refractivity contribution in [2.75, 3.05) is 13.2 Å². The van der Waals surface area contributed by atoms with Gasteiger partial charge in [-0.3, -0.25) is 0 Å². The summed E-state index contributed by atoms with van der Waals surface area (Å²) in [5.41, 5.74) is -0.493. The van der Waals surface area contributed by atoms with Crippen molar-refractivity contribution in [3.63, 3.8) is 0 Å². The monoisotopic (exact) mass is 214 g/mol. The summed E-state index contributed by atoms with van der Waals surface area (Å²) in [4.78, 5) is 11.5. The highest BCUT2D eigenvalue weighted by atomic mass is 16.7. The lowest BCUT2D eigenvalue weighted by Crippen LogP contribution is -2.41. The van der Waals surface area contributed by atoms with Crippen molar-refractivity contribution in [2.45, 2.75) is 50.9 Å². The van der Waals surface area contributed by atoms with E-state index in [-0.39, 0.29) is 23.3 Å².